The summed E-state index contributed by atoms with van der Waals surface area (Å²) >= 11 is 0. The molecular weight excluding hydrogens is 274 g/mol. The van der Waals surface area contributed by atoms with E-state index in [1.54, 1.807) is 13.8 Å². The van der Waals surface area contributed by atoms with Gasteiger partial charge in [-0.25, -0.2) is 17.9 Å². The minimum absolute atomic E-state index is 0.0295. The maximum Gasteiger partial charge on any atom is 0.317 e. The second kappa shape index (κ2) is 7.95. The van der Waals surface area contributed by atoms with Crippen molar-refractivity contribution >= 4 is 22.0 Å². The molecule has 0 bridgehead atoms. The Morgan fingerprint density at radius 2 is 1.89 bits per heavy atom. The van der Waals surface area contributed by atoms with Gasteiger partial charge >= 0.3 is 12.0 Å². The van der Waals surface area contributed by atoms with Crippen LogP contribution in [0.4, 0.5) is 4.79 Å². The summed E-state index contributed by atoms with van der Waals surface area (Å²) in [6.45, 7) is 3.56. The standard InChI is InChI=1S/C10H21N3O5S/c1-8(2)13(6-4-9(14)15)10(16)12-5-7-19(17,18)11-3/h8,11H,4-7H2,1-3H3,(H,12,16)(H,14,15). The number of aliphatic carboxylic acids is 1. The fourth-order valence-electron chi connectivity index (χ4n) is 1.31. The zero-order chi connectivity index (χ0) is 15.1. The van der Waals surface area contributed by atoms with Gasteiger partial charge in [0.1, 0.15) is 0 Å². The van der Waals surface area contributed by atoms with E-state index in [4.69, 9.17) is 5.11 Å². The zero-order valence-corrected chi connectivity index (χ0v) is 12.2. The number of rotatable bonds is 8. The Labute approximate surface area is 113 Å². The van der Waals surface area contributed by atoms with Crippen LogP contribution in [-0.4, -0.2) is 62.4 Å². The second-order valence-electron chi connectivity index (χ2n) is 4.19. The molecule has 0 unspecified atom stereocenters. The molecule has 0 aliphatic heterocycles. The Morgan fingerprint density at radius 3 is 2.32 bits per heavy atom. The van der Waals surface area contributed by atoms with Gasteiger partial charge in [0.2, 0.25) is 10.0 Å². The monoisotopic (exact) mass is 295 g/mol. The van der Waals surface area contributed by atoms with E-state index in [-0.39, 0.29) is 31.3 Å². The van der Waals surface area contributed by atoms with E-state index in [1.165, 1.54) is 11.9 Å². The summed E-state index contributed by atoms with van der Waals surface area (Å²) in [7, 11) is -2.07. The normalized spacial score (nSPS) is 11.4. The maximum absolute atomic E-state index is 11.8. The number of nitrogens with one attached hydrogen (secondary N) is 2. The SMILES string of the molecule is CNS(=O)(=O)CCNC(=O)N(CCC(=O)O)C(C)C. The van der Waals surface area contributed by atoms with Crippen LogP contribution in [0.15, 0.2) is 0 Å². The lowest BCUT2D eigenvalue weighted by Crippen LogP contribution is -2.46. The quantitative estimate of drug-likeness (QED) is 0.554. The first-order valence-electron chi connectivity index (χ1n) is 5.87. The van der Waals surface area contributed by atoms with Crippen LogP contribution in [0.5, 0.6) is 0 Å². The predicted molar refractivity (Wildman–Crippen MR) is 70.3 cm³/mol. The highest BCUT2D eigenvalue weighted by molar-refractivity contribution is 7.89. The molecule has 0 aliphatic rings. The Bertz CT molecular complexity index is 407. The Morgan fingerprint density at radius 1 is 1.32 bits per heavy atom. The number of carboxylic acids is 1. The van der Waals surface area contributed by atoms with Crippen molar-refractivity contribution in [3.63, 3.8) is 0 Å². The molecular formula is C10H21N3O5S. The average Bonchev–Trinajstić information content (AvgIpc) is 2.28. The van der Waals surface area contributed by atoms with Gasteiger partial charge in [-0.2, -0.15) is 0 Å². The highest BCUT2D eigenvalue weighted by Gasteiger charge is 2.18. The van der Waals surface area contributed by atoms with Crippen LogP contribution < -0.4 is 10.0 Å². The highest BCUT2D eigenvalue weighted by atomic mass is 32.2. The molecule has 0 rings (SSSR count). The van der Waals surface area contributed by atoms with Crippen LogP contribution in [0.2, 0.25) is 0 Å². The third kappa shape index (κ3) is 7.62. The van der Waals surface area contributed by atoms with Gasteiger partial charge in [0, 0.05) is 19.1 Å². The zero-order valence-electron chi connectivity index (χ0n) is 11.3. The largest absolute Gasteiger partial charge is 0.481 e. The fraction of sp³-hybridized carbons (Fsp3) is 0.800. The lowest BCUT2D eigenvalue weighted by atomic mass is 10.3. The molecule has 112 valence electrons. The topological polar surface area (TPSA) is 116 Å². The molecule has 0 fully saturated rings. The Kier molecular flexibility index (Phi) is 7.38. The van der Waals surface area contributed by atoms with E-state index in [0.29, 0.717) is 0 Å². The van der Waals surface area contributed by atoms with Gasteiger partial charge in [0.15, 0.2) is 0 Å². The molecule has 0 heterocycles. The first kappa shape index (κ1) is 17.6. The van der Waals surface area contributed by atoms with Gasteiger partial charge in [-0.1, -0.05) is 0 Å². The number of urea groups is 1. The second-order valence-corrected chi connectivity index (χ2v) is 6.23. The fourth-order valence-corrected chi connectivity index (χ4v) is 1.88. The van der Waals surface area contributed by atoms with Crippen molar-refractivity contribution in [3.05, 3.63) is 0 Å². The first-order chi connectivity index (χ1) is 8.69. The minimum atomic E-state index is -3.36. The van der Waals surface area contributed by atoms with Crippen molar-refractivity contribution in [1.82, 2.24) is 14.9 Å². The van der Waals surface area contributed by atoms with Gasteiger partial charge in [-0.3, -0.25) is 4.79 Å². The molecule has 0 spiro atoms. The molecule has 0 aromatic rings. The predicted octanol–water partition coefficient (Wildman–Crippen LogP) is -0.570. The smallest absolute Gasteiger partial charge is 0.317 e. The van der Waals surface area contributed by atoms with E-state index < -0.39 is 22.0 Å². The number of hydrogen-bond acceptors (Lipinski definition) is 4. The number of carbonyl (C=O) groups is 2. The van der Waals surface area contributed by atoms with Crippen LogP contribution in [0.1, 0.15) is 20.3 Å². The third-order valence-electron chi connectivity index (χ3n) is 2.41. The molecule has 0 saturated carbocycles. The van der Waals surface area contributed by atoms with Gasteiger partial charge in [0.05, 0.1) is 12.2 Å². The number of carbonyl (C=O) groups excluding carboxylic acids is 1. The van der Waals surface area contributed by atoms with Crippen molar-refractivity contribution in [3.8, 4) is 0 Å². The molecule has 0 atom stereocenters. The average molecular weight is 295 g/mol. The summed E-state index contributed by atoms with van der Waals surface area (Å²) in [4.78, 5) is 23.6. The lowest BCUT2D eigenvalue weighted by molar-refractivity contribution is -0.137. The summed E-state index contributed by atoms with van der Waals surface area (Å²) in [6, 6.07) is -0.636. The number of sulfonamides is 1. The molecule has 3 N–H and O–H groups in total. The van der Waals surface area contributed by atoms with Crippen LogP contribution in [-0.2, 0) is 14.8 Å². The summed E-state index contributed by atoms with van der Waals surface area (Å²) in [5.41, 5.74) is 0. The lowest BCUT2D eigenvalue weighted by Gasteiger charge is -2.26. The van der Waals surface area contributed by atoms with E-state index in [2.05, 4.69) is 10.0 Å². The summed E-state index contributed by atoms with van der Waals surface area (Å²) in [6.07, 6.45) is -0.152. The molecule has 0 aromatic carbocycles. The maximum atomic E-state index is 11.8. The molecule has 0 saturated heterocycles. The third-order valence-corrected chi connectivity index (χ3v) is 3.77. The van der Waals surface area contributed by atoms with Crippen molar-refractivity contribution in [2.75, 3.05) is 25.9 Å². The molecule has 0 radical (unpaired) electrons. The van der Waals surface area contributed by atoms with Crippen molar-refractivity contribution in [2.45, 2.75) is 26.3 Å². The van der Waals surface area contributed by atoms with Crippen molar-refractivity contribution in [1.29, 1.82) is 0 Å². The van der Waals surface area contributed by atoms with E-state index in [9.17, 15) is 18.0 Å². The van der Waals surface area contributed by atoms with Gasteiger partial charge in [0.25, 0.3) is 0 Å². The number of nitrogens with zero attached hydrogens (tertiary/aromatic N) is 1. The molecule has 0 aromatic heterocycles. The number of amides is 2. The molecule has 0 aliphatic carbocycles. The number of hydrogen-bond donors (Lipinski definition) is 3. The van der Waals surface area contributed by atoms with E-state index in [0.717, 1.165) is 0 Å². The van der Waals surface area contributed by atoms with Crippen molar-refractivity contribution < 1.29 is 23.1 Å². The minimum Gasteiger partial charge on any atom is -0.481 e. The Hall–Kier alpha value is -1.35. The molecule has 19 heavy (non-hydrogen) atoms. The number of carboxylic acid groups (broad SMARTS) is 1. The highest BCUT2D eigenvalue weighted by Crippen LogP contribution is 2.00. The van der Waals surface area contributed by atoms with Gasteiger partial charge in [-0.05, 0) is 20.9 Å². The Balaban J connectivity index is 4.30. The van der Waals surface area contributed by atoms with Crippen LogP contribution >= 0.6 is 0 Å². The first-order valence-corrected chi connectivity index (χ1v) is 7.52. The van der Waals surface area contributed by atoms with E-state index >= 15 is 0 Å². The van der Waals surface area contributed by atoms with Crippen LogP contribution in [0.3, 0.4) is 0 Å². The van der Waals surface area contributed by atoms with Gasteiger partial charge in [-0.15, -0.1) is 0 Å². The molecule has 9 heteroatoms. The summed E-state index contributed by atoms with van der Waals surface area (Å²) in [5.74, 6) is -1.21. The van der Waals surface area contributed by atoms with E-state index in [1.807, 2.05) is 0 Å². The van der Waals surface area contributed by atoms with Crippen LogP contribution in [0, 0.1) is 0 Å². The van der Waals surface area contributed by atoms with Crippen molar-refractivity contribution in [2.24, 2.45) is 0 Å². The van der Waals surface area contributed by atoms with Gasteiger partial charge < -0.3 is 15.3 Å². The summed E-state index contributed by atoms with van der Waals surface area (Å²) in [5, 5.41) is 11.0. The molecule has 2 amide bonds. The van der Waals surface area contributed by atoms with Crippen LogP contribution in [0.25, 0.3) is 0 Å². The summed E-state index contributed by atoms with van der Waals surface area (Å²) < 4.78 is 24.4. The molecule has 8 nitrogen and oxygen atoms in total.